The summed E-state index contributed by atoms with van der Waals surface area (Å²) < 4.78 is 14.0. The summed E-state index contributed by atoms with van der Waals surface area (Å²) in [6.45, 7) is 0. The van der Waals surface area contributed by atoms with Gasteiger partial charge in [0.05, 0.1) is 28.9 Å². The summed E-state index contributed by atoms with van der Waals surface area (Å²) in [6, 6.07) is 36.5. The lowest BCUT2D eigenvalue weighted by atomic mass is 9.87. The van der Waals surface area contributed by atoms with Crippen molar-refractivity contribution in [3.8, 4) is 0 Å². The third-order valence-electron chi connectivity index (χ3n) is 8.50. The van der Waals surface area contributed by atoms with Gasteiger partial charge in [-0.05, 0) is 76.9 Å². The predicted molar refractivity (Wildman–Crippen MR) is 208 cm³/mol. The average Bonchev–Trinajstić information content (AvgIpc) is 3.13. The molecule has 5 aromatic carbocycles. The van der Waals surface area contributed by atoms with E-state index in [1.165, 1.54) is 0 Å². The predicted octanol–water partition coefficient (Wildman–Crippen LogP) is 8.42. The first-order chi connectivity index (χ1) is 25.0. The van der Waals surface area contributed by atoms with Crippen LogP contribution in [0.1, 0.15) is 53.3 Å². The van der Waals surface area contributed by atoms with Gasteiger partial charge in [-0.25, -0.2) is 14.4 Å². The van der Waals surface area contributed by atoms with Crippen molar-refractivity contribution in [1.29, 1.82) is 0 Å². The van der Waals surface area contributed by atoms with Crippen LogP contribution >= 0.6 is 47.8 Å². The Balaban J connectivity index is 0.000000193. The summed E-state index contributed by atoms with van der Waals surface area (Å²) >= 11 is 9.91. The molecule has 0 fully saturated rings. The van der Waals surface area contributed by atoms with Gasteiger partial charge in [0.2, 0.25) is 0 Å². The number of ether oxygens (including phenoxy) is 2. The Morgan fingerprint density at radius 3 is 1.13 bits per heavy atom. The Kier molecular flexibility index (Phi) is 14.0. The second-order valence-electron chi connectivity index (χ2n) is 12.2. The molecule has 2 aliphatic carbocycles. The summed E-state index contributed by atoms with van der Waals surface area (Å²) in [4.78, 5) is 35.8. The van der Waals surface area contributed by atoms with Gasteiger partial charge in [-0.3, -0.25) is 0 Å². The topological polar surface area (TPSA) is 130 Å². The number of fused-ring (bicyclic) bond motifs is 2. The van der Waals surface area contributed by atoms with Gasteiger partial charge >= 0.3 is 17.9 Å². The van der Waals surface area contributed by atoms with Crippen LogP contribution in [0.4, 0.5) is 0 Å². The van der Waals surface area contributed by atoms with Gasteiger partial charge in [0, 0.05) is 39.1 Å². The molecular weight excluding hydrogens is 860 g/mol. The second kappa shape index (κ2) is 18.6. The second-order valence-corrected chi connectivity index (χ2v) is 15.0. The van der Waals surface area contributed by atoms with Crippen molar-refractivity contribution in [3.05, 3.63) is 174 Å². The SMILES string of the molecule is O=C(O)c1cccc(Br)c1.O=C(O[C@H]1Cc2ccccc2C[C@H]1OC(=O)c1cccc(Br)c1)c1cccc(Br)c1.O[C@@H]1Cc2ccccc2C[C@@H]1O. The van der Waals surface area contributed by atoms with Crippen molar-refractivity contribution in [2.24, 2.45) is 0 Å². The molecule has 11 heteroatoms. The Hall–Kier alpha value is -4.13. The zero-order valence-electron chi connectivity index (χ0n) is 27.7. The third kappa shape index (κ3) is 10.9. The average molecular weight is 895 g/mol. The number of hydrogen-bond donors (Lipinski definition) is 3. The van der Waals surface area contributed by atoms with E-state index in [0.717, 1.165) is 35.7 Å². The number of aromatic carboxylic acids is 1. The van der Waals surface area contributed by atoms with E-state index in [2.05, 4.69) is 47.8 Å². The van der Waals surface area contributed by atoms with Crippen molar-refractivity contribution in [3.63, 3.8) is 0 Å². The van der Waals surface area contributed by atoms with Crippen LogP contribution in [0.25, 0.3) is 0 Å². The summed E-state index contributed by atoms with van der Waals surface area (Å²) in [7, 11) is 0. The zero-order valence-corrected chi connectivity index (χ0v) is 32.5. The van der Waals surface area contributed by atoms with Crippen LogP contribution in [-0.2, 0) is 35.2 Å². The molecular formula is C41H35Br3O8. The summed E-state index contributed by atoms with van der Waals surface area (Å²) in [6.07, 6.45) is -0.155. The molecule has 52 heavy (non-hydrogen) atoms. The minimum Gasteiger partial charge on any atom is -0.478 e. The van der Waals surface area contributed by atoms with Gasteiger partial charge in [0.25, 0.3) is 0 Å². The van der Waals surface area contributed by atoms with Gasteiger partial charge in [0.1, 0.15) is 12.2 Å². The Morgan fingerprint density at radius 1 is 0.481 bits per heavy atom. The number of esters is 2. The number of aliphatic hydroxyl groups is 2. The molecule has 4 atom stereocenters. The van der Waals surface area contributed by atoms with E-state index in [0.29, 0.717) is 42.4 Å². The highest BCUT2D eigenvalue weighted by atomic mass is 79.9. The lowest BCUT2D eigenvalue weighted by Gasteiger charge is -2.32. The fourth-order valence-electron chi connectivity index (χ4n) is 5.83. The summed E-state index contributed by atoms with van der Waals surface area (Å²) in [5, 5.41) is 27.2. The van der Waals surface area contributed by atoms with Gasteiger partial charge in [0.15, 0.2) is 0 Å². The normalized spacial score (nSPS) is 18.5. The summed E-state index contributed by atoms with van der Waals surface area (Å²) in [5.74, 6) is -1.78. The number of carboxylic acid groups (broad SMARTS) is 1. The quantitative estimate of drug-likeness (QED) is 0.150. The van der Waals surface area contributed by atoms with Crippen molar-refractivity contribution >= 4 is 65.7 Å². The summed E-state index contributed by atoms with van der Waals surface area (Å²) in [5.41, 5.74) is 5.71. The maximum absolute atomic E-state index is 12.7. The van der Waals surface area contributed by atoms with Crippen LogP contribution in [-0.4, -0.2) is 57.6 Å². The van der Waals surface area contributed by atoms with E-state index in [1.807, 2.05) is 60.7 Å². The lowest BCUT2D eigenvalue weighted by molar-refractivity contribution is -0.0389. The molecule has 0 bridgehead atoms. The van der Waals surface area contributed by atoms with E-state index in [1.54, 1.807) is 60.7 Å². The Labute approximate surface area is 326 Å². The molecule has 0 aromatic heterocycles. The first-order valence-corrected chi connectivity index (χ1v) is 18.8. The fourth-order valence-corrected chi connectivity index (χ4v) is 7.03. The molecule has 0 saturated heterocycles. The van der Waals surface area contributed by atoms with E-state index < -0.39 is 42.3 Å². The zero-order chi connectivity index (χ0) is 37.2. The number of carbonyl (C=O) groups is 3. The minimum absolute atomic E-state index is 0.300. The molecule has 0 heterocycles. The molecule has 0 aliphatic heterocycles. The van der Waals surface area contributed by atoms with Crippen molar-refractivity contribution in [2.45, 2.75) is 50.1 Å². The monoisotopic (exact) mass is 892 g/mol. The van der Waals surface area contributed by atoms with Crippen LogP contribution in [0.15, 0.2) is 135 Å². The van der Waals surface area contributed by atoms with Crippen LogP contribution in [0.2, 0.25) is 0 Å². The molecule has 0 spiro atoms. The lowest BCUT2D eigenvalue weighted by Crippen LogP contribution is -2.41. The highest BCUT2D eigenvalue weighted by Gasteiger charge is 2.35. The van der Waals surface area contributed by atoms with Crippen molar-refractivity contribution < 1.29 is 39.2 Å². The van der Waals surface area contributed by atoms with Crippen LogP contribution in [0, 0.1) is 0 Å². The minimum atomic E-state index is -0.902. The standard InChI is InChI=1S/C24H18Br2O4.C10H12O2.C7H5BrO2/c25-19-9-3-7-17(11-19)23(27)29-21-13-15-5-1-2-6-16(15)14-22(21)30-24(28)18-8-4-10-20(26)12-18;11-9-5-7-3-1-2-4-8(7)6-10(9)12;8-6-3-1-2-5(4-6)7(9)10/h1-12,21-22H,13-14H2;1-4,9-12H,5-6H2;1-4H,(H,9,10)/t21-,22+;9-,10+;. The molecule has 8 nitrogen and oxygen atoms in total. The molecule has 268 valence electrons. The fraction of sp³-hybridized carbons (Fsp3) is 0.195. The van der Waals surface area contributed by atoms with Crippen LogP contribution in [0.3, 0.4) is 0 Å². The number of benzene rings is 5. The first kappa shape index (κ1) is 39.1. The molecule has 3 N–H and O–H groups in total. The highest BCUT2D eigenvalue weighted by Crippen LogP contribution is 2.28. The number of hydrogen-bond acceptors (Lipinski definition) is 7. The van der Waals surface area contributed by atoms with Crippen molar-refractivity contribution in [2.75, 3.05) is 0 Å². The number of carbonyl (C=O) groups excluding carboxylic acids is 2. The third-order valence-corrected chi connectivity index (χ3v) is 9.98. The molecule has 0 unspecified atom stereocenters. The first-order valence-electron chi connectivity index (χ1n) is 16.4. The Bertz CT molecular complexity index is 1920. The van der Waals surface area contributed by atoms with Crippen LogP contribution in [0.5, 0.6) is 0 Å². The maximum atomic E-state index is 12.7. The van der Waals surface area contributed by atoms with E-state index >= 15 is 0 Å². The molecule has 0 radical (unpaired) electrons. The highest BCUT2D eigenvalue weighted by molar-refractivity contribution is 9.11. The smallest absolute Gasteiger partial charge is 0.338 e. The molecule has 2 aliphatic rings. The molecule has 5 aromatic rings. The molecule has 0 amide bonds. The molecule has 7 rings (SSSR count). The van der Waals surface area contributed by atoms with E-state index in [4.69, 9.17) is 14.6 Å². The number of halogens is 3. The van der Waals surface area contributed by atoms with Gasteiger partial charge < -0.3 is 24.8 Å². The van der Waals surface area contributed by atoms with Gasteiger partial charge in [-0.15, -0.1) is 0 Å². The maximum Gasteiger partial charge on any atom is 0.338 e. The number of rotatable bonds is 5. The Morgan fingerprint density at radius 2 is 0.808 bits per heavy atom. The number of carboxylic acids is 1. The molecule has 0 saturated carbocycles. The van der Waals surface area contributed by atoms with Crippen LogP contribution < -0.4 is 0 Å². The van der Waals surface area contributed by atoms with Gasteiger partial charge in [-0.1, -0.05) is 115 Å². The number of aliphatic hydroxyl groups excluding tert-OH is 2. The van der Waals surface area contributed by atoms with Gasteiger partial charge in [-0.2, -0.15) is 0 Å². The van der Waals surface area contributed by atoms with E-state index in [-0.39, 0.29) is 0 Å². The largest absolute Gasteiger partial charge is 0.478 e. The van der Waals surface area contributed by atoms with E-state index in [9.17, 15) is 24.6 Å². The van der Waals surface area contributed by atoms with Crippen molar-refractivity contribution in [1.82, 2.24) is 0 Å².